The number of imidazole rings is 1. The van der Waals surface area contributed by atoms with Crippen LogP contribution in [0.15, 0.2) is 48.8 Å². The first kappa shape index (κ1) is 14.6. The number of aliphatic hydroxyl groups is 1. The number of hydrogen-bond donors (Lipinski definition) is 1. The Hall–Kier alpha value is -2.33. The van der Waals surface area contributed by atoms with E-state index in [2.05, 4.69) is 18.0 Å². The summed E-state index contributed by atoms with van der Waals surface area (Å²) in [5, 5.41) is 10.2. The summed E-state index contributed by atoms with van der Waals surface area (Å²) >= 11 is 0. The Morgan fingerprint density at radius 2 is 2.00 bits per heavy atom. The smallest absolute Gasteiger partial charge is 0.122 e. The van der Waals surface area contributed by atoms with Crippen molar-refractivity contribution in [1.29, 1.82) is 0 Å². The Labute approximate surface area is 130 Å². The summed E-state index contributed by atoms with van der Waals surface area (Å²) in [7, 11) is 0. The molecule has 0 aliphatic carbocycles. The van der Waals surface area contributed by atoms with Gasteiger partial charge in [0.25, 0.3) is 0 Å². The van der Waals surface area contributed by atoms with Gasteiger partial charge < -0.3 is 14.4 Å². The number of ether oxygens (including phenoxy) is 1. The van der Waals surface area contributed by atoms with Gasteiger partial charge in [-0.05, 0) is 37.6 Å². The molecule has 0 spiro atoms. The van der Waals surface area contributed by atoms with E-state index < -0.39 is 6.10 Å². The SMILES string of the molecule is Cc1ccc(OC[C@H](O)Cn2cnc3ccccc32)c(C)c1. The van der Waals surface area contributed by atoms with Gasteiger partial charge in [-0.25, -0.2) is 4.98 Å². The van der Waals surface area contributed by atoms with E-state index in [0.717, 1.165) is 22.3 Å². The third-order valence-corrected chi connectivity index (χ3v) is 3.70. The molecule has 22 heavy (non-hydrogen) atoms. The Kier molecular flexibility index (Phi) is 4.11. The van der Waals surface area contributed by atoms with E-state index in [0.29, 0.717) is 6.54 Å². The molecule has 0 saturated carbocycles. The molecule has 0 bridgehead atoms. The molecule has 3 aromatic rings. The highest BCUT2D eigenvalue weighted by molar-refractivity contribution is 5.74. The molecular weight excluding hydrogens is 276 g/mol. The van der Waals surface area contributed by atoms with E-state index in [-0.39, 0.29) is 6.61 Å². The first-order chi connectivity index (χ1) is 10.6. The molecule has 0 amide bonds. The van der Waals surface area contributed by atoms with Gasteiger partial charge in [0.15, 0.2) is 0 Å². The predicted molar refractivity (Wildman–Crippen MR) is 87.2 cm³/mol. The average Bonchev–Trinajstić information content (AvgIpc) is 2.90. The van der Waals surface area contributed by atoms with Crippen molar-refractivity contribution in [3.8, 4) is 5.75 Å². The molecule has 0 unspecified atom stereocenters. The summed E-state index contributed by atoms with van der Waals surface area (Å²) in [4.78, 5) is 4.32. The fraction of sp³-hybridized carbons (Fsp3) is 0.278. The van der Waals surface area contributed by atoms with Crippen LogP contribution in [0.4, 0.5) is 0 Å². The minimum atomic E-state index is -0.585. The molecular formula is C18H20N2O2. The van der Waals surface area contributed by atoms with Crippen LogP contribution in [0.5, 0.6) is 5.75 Å². The topological polar surface area (TPSA) is 47.3 Å². The molecule has 0 saturated heterocycles. The number of rotatable bonds is 5. The third-order valence-electron chi connectivity index (χ3n) is 3.70. The second kappa shape index (κ2) is 6.20. The van der Waals surface area contributed by atoms with E-state index in [4.69, 9.17) is 4.74 Å². The van der Waals surface area contributed by atoms with Crippen LogP contribution in [0.25, 0.3) is 11.0 Å². The van der Waals surface area contributed by atoms with Crippen LogP contribution in [-0.4, -0.2) is 27.4 Å². The van der Waals surface area contributed by atoms with Gasteiger partial charge in [-0.3, -0.25) is 0 Å². The maximum absolute atomic E-state index is 10.2. The molecule has 0 radical (unpaired) electrons. The lowest BCUT2D eigenvalue weighted by Gasteiger charge is -2.15. The van der Waals surface area contributed by atoms with Crippen LogP contribution < -0.4 is 4.74 Å². The van der Waals surface area contributed by atoms with Crippen molar-refractivity contribution in [2.75, 3.05) is 6.61 Å². The van der Waals surface area contributed by atoms with Crippen LogP contribution in [-0.2, 0) is 6.54 Å². The normalized spacial score (nSPS) is 12.5. The summed E-state index contributed by atoms with van der Waals surface area (Å²) < 4.78 is 7.68. The molecule has 3 rings (SSSR count). The van der Waals surface area contributed by atoms with Crippen molar-refractivity contribution < 1.29 is 9.84 Å². The van der Waals surface area contributed by atoms with Gasteiger partial charge in [0, 0.05) is 0 Å². The zero-order chi connectivity index (χ0) is 15.5. The molecule has 4 nitrogen and oxygen atoms in total. The van der Waals surface area contributed by atoms with E-state index in [1.165, 1.54) is 5.56 Å². The maximum Gasteiger partial charge on any atom is 0.122 e. The van der Waals surface area contributed by atoms with Gasteiger partial charge in [-0.1, -0.05) is 29.8 Å². The van der Waals surface area contributed by atoms with Gasteiger partial charge in [0.2, 0.25) is 0 Å². The van der Waals surface area contributed by atoms with E-state index in [1.54, 1.807) is 6.33 Å². The zero-order valence-corrected chi connectivity index (χ0v) is 12.9. The molecule has 0 aliphatic heterocycles. The lowest BCUT2D eigenvalue weighted by molar-refractivity contribution is 0.0931. The monoisotopic (exact) mass is 296 g/mol. The van der Waals surface area contributed by atoms with Crippen molar-refractivity contribution in [3.05, 3.63) is 59.9 Å². The fourth-order valence-corrected chi connectivity index (χ4v) is 2.58. The molecule has 1 aromatic heterocycles. The third kappa shape index (κ3) is 3.12. The van der Waals surface area contributed by atoms with Crippen molar-refractivity contribution in [2.45, 2.75) is 26.5 Å². The molecule has 1 heterocycles. The second-order valence-corrected chi connectivity index (χ2v) is 5.62. The van der Waals surface area contributed by atoms with Crippen LogP contribution in [0, 0.1) is 13.8 Å². The summed E-state index contributed by atoms with van der Waals surface area (Å²) in [5.41, 5.74) is 4.24. The van der Waals surface area contributed by atoms with Gasteiger partial charge in [-0.2, -0.15) is 0 Å². The van der Waals surface area contributed by atoms with Gasteiger partial charge >= 0.3 is 0 Å². The lowest BCUT2D eigenvalue weighted by atomic mass is 10.1. The molecule has 0 aliphatic rings. The highest BCUT2D eigenvalue weighted by Gasteiger charge is 2.10. The standard InChI is InChI=1S/C18H20N2O2/c1-13-7-8-18(14(2)9-13)22-11-15(21)10-20-12-19-16-5-3-4-6-17(16)20/h3-9,12,15,21H,10-11H2,1-2H3/t15-/m1/s1. The average molecular weight is 296 g/mol. The summed E-state index contributed by atoms with van der Waals surface area (Å²) in [6.07, 6.45) is 1.17. The number of nitrogens with zero attached hydrogens (tertiary/aromatic N) is 2. The maximum atomic E-state index is 10.2. The minimum Gasteiger partial charge on any atom is -0.491 e. The Morgan fingerprint density at radius 3 is 2.82 bits per heavy atom. The molecule has 4 heteroatoms. The highest BCUT2D eigenvalue weighted by Crippen LogP contribution is 2.19. The first-order valence-corrected chi connectivity index (χ1v) is 7.41. The van der Waals surface area contributed by atoms with E-state index in [1.807, 2.05) is 47.9 Å². The van der Waals surface area contributed by atoms with Crippen molar-refractivity contribution in [2.24, 2.45) is 0 Å². The van der Waals surface area contributed by atoms with E-state index >= 15 is 0 Å². The lowest BCUT2D eigenvalue weighted by Crippen LogP contribution is -2.23. The Morgan fingerprint density at radius 1 is 1.18 bits per heavy atom. The molecule has 1 atom stereocenters. The van der Waals surface area contributed by atoms with Crippen LogP contribution in [0.1, 0.15) is 11.1 Å². The number of aromatic nitrogens is 2. The van der Waals surface area contributed by atoms with E-state index in [9.17, 15) is 5.11 Å². The molecule has 0 fully saturated rings. The van der Waals surface area contributed by atoms with Crippen LogP contribution >= 0.6 is 0 Å². The van der Waals surface area contributed by atoms with Gasteiger partial charge in [0.1, 0.15) is 18.5 Å². The number of aliphatic hydroxyl groups excluding tert-OH is 1. The zero-order valence-electron chi connectivity index (χ0n) is 12.9. The molecule has 114 valence electrons. The fourth-order valence-electron chi connectivity index (χ4n) is 2.58. The largest absolute Gasteiger partial charge is 0.491 e. The predicted octanol–water partition coefficient (Wildman–Crippen LogP) is 3.09. The number of hydrogen-bond acceptors (Lipinski definition) is 3. The Balaban J connectivity index is 1.64. The van der Waals surface area contributed by atoms with Crippen molar-refractivity contribution in [1.82, 2.24) is 9.55 Å². The molecule has 2 aromatic carbocycles. The van der Waals surface area contributed by atoms with Crippen LogP contribution in [0.2, 0.25) is 0 Å². The summed E-state index contributed by atoms with van der Waals surface area (Å²) in [5.74, 6) is 0.820. The number of benzene rings is 2. The van der Waals surface area contributed by atoms with Gasteiger partial charge in [0.05, 0.1) is 23.9 Å². The Bertz CT molecular complexity index is 780. The number of fused-ring (bicyclic) bond motifs is 1. The van der Waals surface area contributed by atoms with Crippen LogP contribution in [0.3, 0.4) is 0 Å². The number of aryl methyl sites for hydroxylation is 2. The number of para-hydroxylation sites is 2. The second-order valence-electron chi connectivity index (χ2n) is 5.62. The molecule has 1 N–H and O–H groups in total. The summed E-state index contributed by atoms with van der Waals surface area (Å²) in [6.45, 7) is 4.79. The van der Waals surface area contributed by atoms with Crippen molar-refractivity contribution in [3.63, 3.8) is 0 Å². The van der Waals surface area contributed by atoms with Crippen molar-refractivity contribution >= 4 is 11.0 Å². The highest BCUT2D eigenvalue weighted by atomic mass is 16.5. The first-order valence-electron chi connectivity index (χ1n) is 7.41. The minimum absolute atomic E-state index is 0.260. The van der Waals surface area contributed by atoms with Gasteiger partial charge in [-0.15, -0.1) is 0 Å². The summed E-state index contributed by atoms with van der Waals surface area (Å²) in [6, 6.07) is 13.9. The quantitative estimate of drug-likeness (QED) is 0.787.